The van der Waals surface area contributed by atoms with Crippen LogP contribution in [0.15, 0.2) is 30.3 Å². The van der Waals surface area contributed by atoms with Crippen molar-refractivity contribution in [2.75, 3.05) is 13.7 Å². The van der Waals surface area contributed by atoms with Gasteiger partial charge in [-0.1, -0.05) is 58.0 Å². The molecule has 2 amide bonds. The highest BCUT2D eigenvalue weighted by Crippen LogP contribution is 2.20. The lowest BCUT2D eigenvalue weighted by atomic mass is 9.87. The molecule has 0 aliphatic heterocycles. The third-order valence-electron chi connectivity index (χ3n) is 5.05. The van der Waals surface area contributed by atoms with Crippen molar-refractivity contribution in [1.29, 1.82) is 0 Å². The minimum atomic E-state index is -0.888. The van der Waals surface area contributed by atoms with E-state index in [0.717, 1.165) is 5.56 Å². The molecule has 0 unspecified atom stereocenters. The zero-order valence-corrected chi connectivity index (χ0v) is 18.2. The largest absolute Gasteiger partial charge is 0.391 e. The topological polar surface area (TPSA) is 114 Å². The first kappa shape index (κ1) is 25.1. The first-order valence-corrected chi connectivity index (χ1v) is 10.2. The molecule has 0 saturated heterocycles. The first-order valence-electron chi connectivity index (χ1n) is 10.2. The zero-order valence-electron chi connectivity index (χ0n) is 18.2. The number of aliphatic hydroxyl groups is 1. The molecule has 0 aromatic heterocycles. The monoisotopic (exact) mass is 407 g/mol. The fourth-order valence-electron chi connectivity index (χ4n) is 3.07. The quantitative estimate of drug-likeness (QED) is 0.419. The average molecular weight is 408 g/mol. The summed E-state index contributed by atoms with van der Waals surface area (Å²) in [6, 6.07) is 8.49. The molecule has 1 aromatic rings. The highest BCUT2D eigenvalue weighted by atomic mass is 16.5. The number of carbonyl (C=O) groups excluding carboxylic acids is 2. The van der Waals surface area contributed by atoms with E-state index in [0.29, 0.717) is 6.61 Å². The molecule has 29 heavy (non-hydrogen) atoms. The molecule has 5 N–H and O–H groups in total. The van der Waals surface area contributed by atoms with Gasteiger partial charge in [0.1, 0.15) is 6.04 Å². The molecule has 0 bridgehead atoms. The molecule has 0 spiro atoms. The van der Waals surface area contributed by atoms with Crippen molar-refractivity contribution in [3.63, 3.8) is 0 Å². The average Bonchev–Trinajstić information content (AvgIpc) is 2.69. The van der Waals surface area contributed by atoms with Crippen molar-refractivity contribution >= 4 is 11.8 Å². The number of rotatable bonds is 12. The minimum Gasteiger partial charge on any atom is -0.391 e. The fourth-order valence-corrected chi connectivity index (χ4v) is 3.07. The van der Waals surface area contributed by atoms with Gasteiger partial charge in [0.05, 0.1) is 25.4 Å². The molecule has 1 aromatic carbocycles. The number of carbonyl (C=O) groups is 2. The molecule has 0 aliphatic rings. The van der Waals surface area contributed by atoms with Gasteiger partial charge in [0, 0.05) is 13.0 Å². The maximum atomic E-state index is 12.8. The molecule has 0 radical (unpaired) electrons. The Balaban J connectivity index is 2.61. The van der Waals surface area contributed by atoms with Crippen LogP contribution in [0.2, 0.25) is 0 Å². The SMILES string of the molecule is CNC(=O)[C@@H](NC(=O)[C@@H](C[C@H](O)[C@@H](N)COCc1ccccc1)C(C)C)C(C)C. The van der Waals surface area contributed by atoms with E-state index in [9.17, 15) is 14.7 Å². The van der Waals surface area contributed by atoms with E-state index in [-0.39, 0.29) is 36.7 Å². The molecule has 164 valence electrons. The van der Waals surface area contributed by atoms with Crippen LogP contribution in [0.25, 0.3) is 0 Å². The predicted octanol–water partition coefficient (Wildman–Crippen LogP) is 1.44. The molecule has 7 nitrogen and oxygen atoms in total. The lowest BCUT2D eigenvalue weighted by molar-refractivity contribution is -0.133. The number of hydrogen-bond donors (Lipinski definition) is 4. The van der Waals surface area contributed by atoms with Gasteiger partial charge in [0.25, 0.3) is 0 Å². The van der Waals surface area contributed by atoms with Crippen molar-refractivity contribution in [3.05, 3.63) is 35.9 Å². The third-order valence-corrected chi connectivity index (χ3v) is 5.05. The van der Waals surface area contributed by atoms with Gasteiger partial charge in [-0.3, -0.25) is 9.59 Å². The summed E-state index contributed by atoms with van der Waals surface area (Å²) >= 11 is 0. The predicted molar refractivity (Wildman–Crippen MR) is 114 cm³/mol. The second kappa shape index (κ2) is 12.6. The Bertz CT molecular complexity index is 622. The van der Waals surface area contributed by atoms with Gasteiger partial charge in [-0.25, -0.2) is 0 Å². The molecule has 0 saturated carbocycles. The van der Waals surface area contributed by atoms with E-state index in [4.69, 9.17) is 10.5 Å². The number of benzene rings is 1. The van der Waals surface area contributed by atoms with Crippen LogP contribution in [-0.2, 0) is 20.9 Å². The van der Waals surface area contributed by atoms with Gasteiger partial charge in [-0.15, -0.1) is 0 Å². The fraction of sp³-hybridized carbons (Fsp3) is 0.636. The number of likely N-dealkylation sites (N-methyl/N-ethyl adjacent to an activating group) is 1. The zero-order chi connectivity index (χ0) is 22.0. The highest BCUT2D eigenvalue weighted by Gasteiger charge is 2.31. The Morgan fingerprint density at radius 3 is 2.21 bits per heavy atom. The van der Waals surface area contributed by atoms with Crippen molar-refractivity contribution in [2.24, 2.45) is 23.5 Å². The standard InChI is InChI=1S/C22H37N3O4/c1-14(2)17(21(27)25-20(15(3)4)22(28)24-5)11-19(26)18(23)13-29-12-16-9-7-6-8-10-16/h6-10,14-15,17-20,26H,11-13,23H2,1-5H3,(H,24,28)(H,25,27)/t17-,18-,19-,20-/m0/s1. The number of nitrogens with two attached hydrogens (primary N) is 1. The third kappa shape index (κ3) is 8.51. The maximum absolute atomic E-state index is 12.8. The lowest BCUT2D eigenvalue weighted by Gasteiger charge is -2.28. The summed E-state index contributed by atoms with van der Waals surface area (Å²) in [5, 5.41) is 15.9. The normalized spacial score (nSPS) is 15.6. The molecule has 0 fully saturated rings. The first-order chi connectivity index (χ1) is 13.7. The second-order valence-electron chi connectivity index (χ2n) is 8.16. The summed E-state index contributed by atoms with van der Waals surface area (Å²) in [5.74, 6) is -1.01. The molecular formula is C22H37N3O4. The van der Waals surface area contributed by atoms with E-state index in [1.54, 1.807) is 7.05 Å². The van der Waals surface area contributed by atoms with E-state index >= 15 is 0 Å². The van der Waals surface area contributed by atoms with Crippen LogP contribution in [0.4, 0.5) is 0 Å². The Morgan fingerprint density at radius 1 is 1.07 bits per heavy atom. The number of hydrogen-bond acceptors (Lipinski definition) is 5. The summed E-state index contributed by atoms with van der Waals surface area (Å²) in [5.41, 5.74) is 7.11. The number of aliphatic hydroxyl groups excluding tert-OH is 1. The van der Waals surface area contributed by atoms with Gasteiger partial charge in [0.15, 0.2) is 0 Å². The van der Waals surface area contributed by atoms with Gasteiger partial charge < -0.3 is 26.2 Å². The summed E-state index contributed by atoms with van der Waals surface area (Å²) in [7, 11) is 1.54. The number of ether oxygens (including phenoxy) is 1. The maximum Gasteiger partial charge on any atom is 0.242 e. The van der Waals surface area contributed by atoms with Crippen LogP contribution in [0.3, 0.4) is 0 Å². The van der Waals surface area contributed by atoms with Crippen molar-refractivity contribution in [3.8, 4) is 0 Å². The molecule has 7 heteroatoms. The van der Waals surface area contributed by atoms with Gasteiger partial charge in [0.2, 0.25) is 11.8 Å². The summed E-state index contributed by atoms with van der Waals surface area (Å²) in [6.45, 7) is 8.18. The molecule has 0 heterocycles. The Morgan fingerprint density at radius 2 is 1.69 bits per heavy atom. The molecule has 1 rings (SSSR count). The summed E-state index contributed by atoms with van der Waals surface area (Å²) in [6.07, 6.45) is -0.681. The minimum absolute atomic E-state index is 0.0143. The van der Waals surface area contributed by atoms with Crippen LogP contribution in [-0.4, -0.2) is 48.8 Å². The lowest BCUT2D eigenvalue weighted by Crippen LogP contribution is -2.52. The number of amides is 2. The smallest absolute Gasteiger partial charge is 0.242 e. The molecular weight excluding hydrogens is 370 g/mol. The van der Waals surface area contributed by atoms with Gasteiger partial charge in [-0.05, 0) is 23.8 Å². The van der Waals surface area contributed by atoms with Crippen LogP contribution in [0.5, 0.6) is 0 Å². The van der Waals surface area contributed by atoms with E-state index in [2.05, 4.69) is 10.6 Å². The van der Waals surface area contributed by atoms with Gasteiger partial charge >= 0.3 is 0 Å². The van der Waals surface area contributed by atoms with E-state index in [1.807, 2.05) is 58.0 Å². The second-order valence-corrected chi connectivity index (χ2v) is 8.16. The van der Waals surface area contributed by atoms with E-state index in [1.165, 1.54) is 0 Å². The van der Waals surface area contributed by atoms with Crippen LogP contribution in [0.1, 0.15) is 39.7 Å². The van der Waals surface area contributed by atoms with Crippen molar-refractivity contribution < 1.29 is 19.4 Å². The molecule has 4 atom stereocenters. The van der Waals surface area contributed by atoms with E-state index < -0.39 is 24.1 Å². The van der Waals surface area contributed by atoms with Gasteiger partial charge in [-0.2, -0.15) is 0 Å². The van der Waals surface area contributed by atoms with Crippen LogP contribution >= 0.6 is 0 Å². The Kier molecular flexibility index (Phi) is 10.9. The van der Waals surface area contributed by atoms with Crippen molar-refractivity contribution in [1.82, 2.24) is 10.6 Å². The summed E-state index contributed by atoms with van der Waals surface area (Å²) < 4.78 is 5.61. The molecule has 0 aliphatic carbocycles. The summed E-state index contributed by atoms with van der Waals surface area (Å²) in [4.78, 5) is 24.8. The van der Waals surface area contributed by atoms with Crippen LogP contribution in [0, 0.1) is 17.8 Å². The number of nitrogens with one attached hydrogen (secondary N) is 2. The van der Waals surface area contributed by atoms with Crippen LogP contribution < -0.4 is 16.4 Å². The Hall–Kier alpha value is -1.96. The van der Waals surface area contributed by atoms with Crippen molar-refractivity contribution in [2.45, 2.75) is 58.9 Å². The Labute approximate surface area is 174 Å². The highest BCUT2D eigenvalue weighted by molar-refractivity contribution is 5.88.